The number of benzene rings is 3. The zero-order valence-electron chi connectivity index (χ0n) is 26.2. The van der Waals surface area contributed by atoms with Crippen molar-refractivity contribution in [3.63, 3.8) is 0 Å². The summed E-state index contributed by atoms with van der Waals surface area (Å²) < 4.78 is 0. The van der Waals surface area contributed by atoms with Crippen LogP contribution in [-0.2, 0) is 45.0 Å². The van der Waals surface area contributed by atoms with E-state index in [2.05, 4.69) is 21.3 Å². The molecule has 4 rings (SSSR count). The Kier molecular flexibility index (Phi) is 11.9. The SMILES string of the molecule is CC(C)C[C@H](NC(=O)[C@H](C)NC(=O)C1Cc2ccccc2C1)C(=O)N[C@@H](Cc1ccccc1)C(O)C(=O)NCc1ccccc1. The molecule has 3 aromatic rings. The number of nitrogens with one attached hydrogen (secondary N) is 4. The molecule has 5 N–H and O–H groups in total. The van der Waals surface area contributed by atoms with Crippen LogP contribution >= 0.6 is 0 Å². The van der Waals surface area contributed by atoms with Gasteiger partial charge in [-0.1, -0.05) is 98.8 Å². The minimum absolute atomic E-state index is 0.0506. The minimum Gasteiger partial charge on any atom is -0.381 e. The van der Waals surface area contributed by atoms with Gasteiger partial charge in [-0.2, -0.15) is 0 Å². The van der Waals surface area contributed by atoms with Crippen molar-refractivity contribution in [1.29, 1.82) is 0 Å². The summed E-state index contributed by atoms with van der Waals surface area (Å²) >= 11 is 0. The second-order valence-corrected chi connectivity index (χ2v) is 12.2. The Balaban J connectivity index is 1.40. The highest BCUT2D eigenvalue weighted by Crippen LogP contribution is 2.26. The van der Waals surface area contributed by atoms with E-state index >= 15 is 0 Å². The molecule has 0 spiro atoms. The fraction of sp³-hybridized carbons (Fsp3) is 0.389. The molecule has 1 aliphatic rings. The number of carbonyl (C=O) groups is 4. The Labute approximate surface area is 265 Å². The molecule has 0 bridgehead atoms. The molecule has 45 heavy (non-hydrogen) atoms. The molecular weight excluding hydrogens is 568 g/mol. The van der Waals surface area contributed by atoms with E-state index in [1.165, 1.54) is 0 Å². The normalized spacial score (nSPS) is 15.3. The third-order valence-corrected chi connectivity index (χ3v) is 8.10. The first kappa shape index (κ1) is 33.4. The quantitative estimate of drug-likeness (QED) is 0.191. The number of hydrogen-bond acceptors (Lipinski definition) is 5. The predicted octanol–water partition coefficient (Wildman–Crippen LogP) is 2.84. The maximum atomic E-state index is 13.6. The average Bonchev–Trinajstić information content (AvgIpc) is 3.48. The summed E-state index contributed by atoms with van der Waals surface area (Å²) in [7, 11) is 0. The molecule has 4 atom stereocenters. The van der Waals surface area contributed by atoms with E-state index in [9.17, 15) is 24.3 Å². The van der Waals surface area contributed by atoms with Crippen molar-refractivity contribution in [3.8, 4) is 0 Å². The van der Waals surface area contributed by atoms with Crippen molar-refractivity contribution in [2.24, 2.45) is 11.8 Å². The van der Waals surface area contributed by atoms with Crippen LogP contribution in [0.1, 0.15) is 49.4 Å². The highest BCUT2D eigenvalue weighted by molar-refractivity contribution is 5.93. The second-order valence-electron chi connectivity index (χ2n) is 12.2. The zero-order valence-corrected chi connectivity index (χ0v) is 26.2. The number of amides is 4. The van der Waals surface area contributed by atoms with Crippen molar-refractivity contribution in [2.45, 2.75) is 77.2 Å². The van der Waals surface area contributed by atoms with Crippen LogP contribution in [-0.4, -0.2) is 53.0 Å². The Hall–Kier alpha value is -4.50. The van der Waals surface area contributed by atoms with Gasteiger partial charge in [0, 0.05) is 12.5 Å². The van der Waals surface area contributed by atoms with E-state index in [4.69, 9.17) is 0 Å². The number of fused-ring (bicyclic) bond motifs is 1. The van der Waals surface area contributed by atoms with Crippen LogP contribution in [0.2, 0.25) is 0 Å². The van der Waals surface area contributed by atoms with Gasteiger partial charge in [0.2, 0.25) is 17.7 Å². The van der Waals surface area contributed by atoms with E-state index in [-0.39, 0.29) is 30.7 Å². The van der Waals surface area contributed by atoms with Gasteiger partial charge in [-0.25, -0.2) is 0 Å². The van der Waals surface area contributed by atoms with E-state index in [0.717, 1.165) is 22.3 Å². The minimum atomic E-state index is -1.54. The first-order valence-corrected chi connectivity index (χ1v) is 15.6. The summed E-state index contributed by atoms with van der Waals surface area (Å²) in [4.78, 5) is 52.9. The standard InChI is InChI=1S/C36H44N4O5/c1-23(2)18-31(40-33(42)24(3)38-34(43)29-20-27-16-10-11-17-28(27)21-29)35(44)39-30(19-25-12-6-4-7-13-25)32(41)36(45)37-22-26-14-8-5-9-15-26/h4-17,23-24,29-32,41H,18-22H2,1-3H3,(H,37,45)(H,38,43)(H,39,44)(H,40,42)/t24-,30-,31-,32?/m0/s1. The highest BCUT2D eigenvalue weighted by atomic mass is 16.3. The molecule has 0 fully saturated rings. The topological polar surface area (TPSA) is 137 Å². The summed E-state index contributed by atoms with van der Waals surface area (Å²) in [6.07, 6.45) is 0.231. The van der Waals surface area contributed by atoms with Gasteiger partial charge in [0.05, 0.1) is 6.04 Å². The van der Waals surface area contributed by atoms with Crippen LogP contribution in [0.15, 0.2) is 84.9 Å². The molecule has 9 nitrogen and oxygen atoms in total. The van der Waals surface area contributed by atoms with Gasteiger partial charge in [-0.05, 0) is 60.8 Å². The number of hydrogen-bond donors (Lipinski definition) is 5. The maximum absolute atomic E-state index is 13.6. The average molecular weight is 613 g/mol. The number of rotatable bonds is 14. The highest BCUT2D eigenvalue weighted by Gasteiger charge is 2.33. The summed E-state index contributed by atoms with van der Waals surface area (Å²) in [6.45, 7) is 5.69. The summed E-state index contributed by atoms with van der Waals surface area (Å²) in [5.41, 5.74) is 3.99. The lowest BCUT2D eigenvalue weighted by atomic mass is 9.98. The maximum Gasteiger partial charge on any atom is 0.251 e. The molecule has 0 aliphatic heterocycles. The molecule has 0 saturated carbocycles. The van der Waals surface area contributed by atoms with E-state index in [1.54, 1.807) is 6.92 Å². The molecule has 0 aromatic heterocycles. The monoisotopic (exact) mass is 612 g/mol. The second kappa shape index (κ2) is 16.0. The number of carbonyl (C=O) groups excluding carboxylic acids is 4. The van der Waals surface area contributed by atoms with E-state index in [0.29, 0.717) is 19.3 Å². The molecular formula is C36H44N4O5. The van der Waals surface area contributed by atoms with Gasteiger partial charge >= 0.3 is 0 Å². The lowest BCUT2D eigenvalue weighted by molar-refractivity contribution is -0.135. The van der Waals surface area contributed by atoms with Gasteiger partial charge in [0.25, 0.3) is 5.91 Å². The molecule has 238 valence electrons. The third kappa shape index (κ3) is 9.74. The van der Waals surface area contributed by atoms with Gasteiger partial charge < -0.3 is 26.4 Å². The Morgan fingerprint density at radius 3 is 1.84 bits per heavy atom. The molecule has 1 unspecified atom stereocenters. The first-order valence-electron chi connectivity index (χ1n) is 15.6. The van der Waals surface area contributed by atoms with Crippen molar-refractivity contribution < 1.29 is 24.3 Å². The number of aliphatic hydroxyl groups excluding tert-OH is 1. The van der Waals surface area contributed by atoms with Gasteiger partial charge in [-0.15, -0.1) is 0 Å². The smallest absolute Gasteiger partial charge is 0.251 e. The largest absolute Gasteiger partial charge is 0.381 e. The lowest BCUT2D eigenvalue weighted by Crippen LogP contribution is -2.58. The van der Waals surface area contributed by atoms with Crippen LogP contribution in [0.3, 0.4) is 0 Å². The first-order chi connectivity index (χ1) is 21.6. The van der Waals surface area contributed by atoms with Crippen LogP contribution < -0.4 is 21.3 Å². The molecule has 3 aromatic carbocycles. The molecule has 0 radical (unpaired) electrons. The molecule has 4 amide bonds. The Morgan fingerprint density at radius 2 is 1.27 bits per heavy atom. The van der Waals surface area contributed by atoms with Crippen molar-refractivity contribution in [1.82, 2.24) is 21.3 Å². The Bertz CT molecular complexity index is 1420. The van der Waals surface area contributed by atoms with Crippen LogP contribution in [0.25, 0.3) is 0 Å². The van der Waals surface area contributed by atoms with Crippen LogP contribution in [0, 0.1) is 11.8 Å². The zero-order chi connectivity index (χ0) is 32.3. The summed E-state index contributed by atoms with van der Waals surface area (Å²) in [5.74, 6) is -2.02. The molecule has 0 heterocycles. The van der Waals surface area contributed by atoms with E-state index < -0.39 is 42.0 Å². The number of aliphatic hydroxyl groups is 1. The van der Waals surface area contributed by atoms with Crippen molar-refractivity contribution in [2.75, 3.05) is 0 Å². The molecule has 9 heteroatoms. The third-order valence-electron chi connectivity index (χ3n) is 8.10. The van der Waals surface area contributed by atoms with Crippen LogP contribution in [0.5, 0.6) is 0 Å². The summed E-state index contributed by atoms with van der Waals surface area (Å²) in [5, 5.41) is 22.3. The van der Waals surface area contributed by atoms with Gasteiger partial charge in [0.15, 0.2) is 6.10 Å². The summed E-state index contributed by atoms with van der Waals surface area (Å²) in [6, 6.07) is 23.8. The van der Waals surface area contributed by atoms with Crippen molar-refractivity contribution in [3.05, 3.63) is 107 Å². The fourth-order valence-electron chi connectivity index (χ4n) is 5.61. The predicted molar refractivity (Wildman–Crippen MR) is 173 cm³/mol. The van der Waals surface area contributed by atoms with Gasteiger partial charge in [-0.3, -0.25) is 19.2 Å². The van der Waals surface area contributed by atoms with E-state index in [1.807, 2.05) is 98.8 Å². The Morgan fingerprint density at radius 1 is 0.711 bits per heavy atom. The van der Waals surface area contributed by atoms with Crippen molar-refractivity contribution >= 4 is 23.6 Å². The van der Waals surface area contributed by atoms with Crippen LogP contribution in [0.4, 0.5) is 0 Å². The lowest BCUT2D eigenvalue weighted by Gasteiger charge is -2.28. The molecule has 1 aliphatic carbocycles. The molecule has 0 saturated heterocycles. The van der Waals surface area contributed by atoms with Gasteiger partial charge in [0.1, 0.15) is 12.1 Å². The fourth-order valence-corrected chi connectivity index (χ4v) is 5.61.